The van der Waals surface area contributed by atoms with Crippen LogP contribution in [0.5, 0.6) is 0 Å². The molecular formula is C17H21IN4O2. The highest BCUT2D eigenvalue weighted by Crippen LogP contribution is 2.05. The molecule has 128 valence electrons. The zero-order valence-corrected chi connectivity index (χ0v) is 16.0. The summed E-state index contributed by atoms with van der Waals surface area (Å²) in [4.78, 5) is 19.8. The van der Waals surface area contributed by atoms with Crippen molar-refractivity contribution >= 4 is 35.9 Å². The minimum Gasteiger partial charge on any atom is -0.465 e. The number of hydrogen-bond acceptors (Lipinski definition) is 4. The minimum absolute atomic E-state index is 0. The number of nitrogens with one attached hydrogen (secondary N) is 2. The molecular weight excluding hydrogens is 419 g/mol. The number of pyridine rings is 1. The molecule has 7 heteroatoms. The van der Waals surface area contributed by atoms with Gasteiger partial charge in [-0.1, -0.05) is 18.2 Å². The van der Waals surface area contributed by atoms with E-state index in [-0.39, 0.29) is 29.9 Å². The van der Waals surface area contributed by atoms with Crippen LogP contribution in [0.2, 0.25) is 0 Å². The lowest BCUT2D eigenvalue weighted by Crippen LogP contribution is -2.36. The molecule has 24 heavy (non-hydrogen) atoms. The van der Waals surface area contributed by atoms with E-state index >= 15 is 0 Å². The van der Waals surface area contributed by atoms with E-state index in [2.05, 4.69) is 25.3 Å². The van der Waals surface area contributed by atoms with E-state index in [1.54, 1.807) is 25.4 Å². The number of halogens is 1. The van der Waals surface area contributed by atoms with Crippen LogP contribution in [0, 0.1) is 0 Å². The Hall–Kier alpha value is -2.16. The Morgan fingerprint density at radius 1 is 1.12 bits per heavy atom. The average Bonchev–Trinajstić information content (AvgIpc) is 2.62. The first-order valence-electron chi connectivity index (χ1n) is 7.24. The second-order valence-electron chi connectivity index (χ2n) is 4.79. The topological polar surface area (TPSA) is 75.6 Å². The van der Waals surface area contributed by atoms with Crippen molar-refractivity contribution in [3.8, 4) is 0 Å². The summed E-state index contributed by atoms with van der Waals surface area (Å²) in [6.07, 6.45) is 1.76. The average molecular weight is 440 g/mol. The fraction of sp³-hybridized carbons (Fsp3) is 0.235. The lowest BCUT2D eigenvalue weighted by atomic mass is 10.1. The van der Waals surface area contributed by atoms with Crippen LogP contribution in [0.25, 0.3) is 0 Å². The first kappa shape index (κ1) is 19.9. The van der Waals surface area contributed by atoms with Gasteiger partial charge in [-0.15, -0.1) is 24.0 Å². The molecule has 2 rings (SSSR count). The van der Waals surface area contributed by atoms with Gasteiger partial charge in [0.15, 0.2) is 5.96 Å². The third-order valence-electron chi connectivity index (χ3n) is 3.22. The highest BCUT2D eigenvalue weighted by molar-refractivity contribution is 14.0. The fourth-order valence-electron chi connectivity index (χ4n) is 1.96. The molecule has 0 radical (unpaired) electrons. The van der Waals surface area contributed by atoms with Gasteiger partial charge in [0, 0.05) is 19.8 Å². The molecule has 0 amide bonds. The van der Waals surface area contributed by atoms with Gasteiger partial charge in [-0.25, -0.2) is 4.79 Å². The number of hydrogen-bond donors (Lipinski definition) is 2. The summed E-state index contributed by atoms with van der Waals surface area (Å²) in [6, 6.07) is 13.0. The van der Waals surface area contributed by atoms with Crippen molar-refractivity contribution in [1.82, 2.24) is 15.6 Å². The van der Waals surface area contributed by atoms with Crippen LogP contribution in [0.4, 0.5) is 0 Å². The van der Waals surface area contributed by atoms with Crippen molar-refractivity contribution < 1.29 is 9.53 Å². The lowest BCUT2D eigenvalue weighted by molar-refractivity contribution is 0.0600. The number of esters is 1. The molecule has 0 fully saturated rings. The molecule has 0 aliphatic rings. The number of guanidine groups is 1. The predicted octanol–water partition coefficient (Wildman–Crippen LogP) is 2.35. The summed E-state index contributed by atoms with van der Waals surface area (Å²) in [5.41, 5.74) is 2.52. The number of aromatic nitrogens is 1. The van der Waals surface area contributed by atoms with Gasteiger partial charge in [0.05, 0.1) is 24.9 Å². The quantitative estimate of drug-likeness (QED) is 0.323. The van der Waals surface area contributed by atoms with Crippen molar-refractivity contribution in [2.24, 2.45) is 4.99 Å². The van der Waals surface area contributed by atoms with Gasteiger partial charge in [-0.2, -0.15) is 0 Å². The SMILES string of the molecule is CN=C(NCc1ccc(C(=O)OC)cc1)NCc1ccccn1.I. The van der Waals surface area contributed by atoms with E-state index in [0.29, 0.717) is 24.6 Å². The fourth-order valence-corrected chi connectivity index (χ4v) is 1.96. The van der Waals surface area contributed by atoms with Crippen LogP contribution >= 0.6 is 24.0 Å². The van der Waals surface area contributed by atoms with Crippen molar-refractivity contribution in [3.63, 3.8) is 0 Å². The van der Waals surface area contributed by atoms with E-state index in [4.69, 9.17) is 0 Å². The largest absolute Gasteiger partial charge is 0.465 e. The molecule has 2 N–H and O–H groups in total. The molecule has 0 aliphatic heterocycles. The molecule has 6 nitrogen and oxygen atoms in total. The Morgan fingerprint density at radius 2 is 1.83 bits per heavy atom. The smallest absolute Gasteiger partial charge is 0.337 e. The molecule has 0 saturated heterocycles. The van der Waals surface area contributed by atoms with Gasteiger partial charge >= 0.3 is 5.97 Å². The molecule has 0 aliphatic carbocycles. The van der Waals surface area contributed by atoms with Crippen LogP contribution in [0.15, 0.2) is 53.7 Å². The number of methoxy groups -OCH3 is 1. The van der Waals surface area contributed by atoms with Gasteiger partial charge in [0.25, 0.3) is 0 Å². The van der Waals surface area contributed by atoms with Crippen molar-refractivity contribution in [1.29, 1.82) is 0 Å². The second-order valence-corrected chi connectivity index (χ2v) is 4.79. The molecule has 0 bridgehead atoms. The third-order valence-corrected chi connectivity index (χ3v) is 3.22. The number of carbonyl (C=O) groups excluding carboxylic acids is 1. The molecule has 0 saturated carbocycles. The molecule has 1 aromatic carbocycles. The number of benzene rings is 1. The number of rotatable bonds is 5. The normalized spacial score (nSPS) is 10.5. The highest BCUT2D eigenvalue weighted by Gasteiger charge is 2.04. The molecule has 1 heterocycles. The summed E-state index contributed by atoms with van der Waals surface area (Å²) in [7, 11) is 3.09. The number of carbonyl (C=O) groups is 1. The summed E-state index contributed by atoms with van der Waals surface area (Å²) < 4.78 is 4.68. The number of ether oxygens (including phenoxy) is 1. The minimum atomic E-state index is -0.336. The molecule has 0 unspecified atom stereocenters. The van der Waals surface area contributed by atoms with Crippen LogP contribution in [-0.4, -0.2) is 31.1 Å². The maximum Gasteiger partial charge on any atom is 0.337 e. The van der Waals surface area contributed by atoms with Gasteiger partial charge in [-0.3, -0.25) is 9.98 Å². The van der Waals surface area contributed by atoms with Crippen LogP contribution in [0.3, 0.4) is 0 Å². The molecule has 2 aromatic rings. The first-order valence-corrected chi connectivity index (χ1v) is 7.24. The number of aliphatic imine (C=N–C) groups is 1. The Morgan fingerprint density at radius 3 is 2.42 bits per heavy atom. The second kappa shape index (κ2) is 10.6. The van der Waals surface area contributed by atoms with Crippen molar-refractivity contribution in [2.45, 2.75) is 13.1 Å². The van der Waals surface area contributed by atoms with E-state index in [1.807, 2.05) is 30.3 Å². The standard InChI is InChI=1S/C17H20N4O2.HI/c1-18-17(21-12-15-5-3-4-10-19-15)20-11-13-6-8-14(9-7-13)16(22)23-2;/h3-10H,11-12H2,1-2H3,(H2,18,20,21);1H. The summed E-state index contributed by atoms with van der Waals surface area (Å²) in [5.74, 6) is 0.352. The Labute approximate surface area is 158 Å². The molecule has 0 spiro atoms. The first-order chi connectivity index (χ1) is 11.2. The van der Waals surface area contributed by atoms with E-state index < -0.39 is 0 Å². The van der Waals surface area contributed by atoms with Crippen molar-refractivity contribution in [3.05, 3.63) is 65.5 Å². The van der Waals surface area contributed by atoms with Gasteiger partial charge in [0.1, 0.15) is 0 Å². The van der Waals surface area contributed by atoms with Gasteiger partial charge in [-0.05, 0) is 29.8 Å². The van der Waals surface area contributed by atoms with Gasteiger partial charge in [0.2, 0.25) is 0 Å². The van der Waals surface area contributed by atoms with E-state index in [0.717, 1.165) is 11.3 Å². The van der Waals surface area contributed by atoms with Crippen LogP contribution in [0.1, 0.15) is 21.6 Å². The Kier molecular flexibility index (Phi) is 8.77. The highest BCUT2D eigenvalue weighted by atomic mass is 127. The van der Waals surface area contributed by atoms with Crippen molar-refractivity contribution in [2.75, 3.05) is 14.2 Å². The third kappa shape index (κ3) is 6.15. The maximum atomic E-state index is 11.4. The maximum absolute atomic E-state index is 11.4. The summed E-state index contributed by atoms with van der Waals surface area (Å²) in [5, 5.41) is 6.41. The zero-order valence-electron chi connectivity index (χ0n) is 13.7. The Balaban J connectivity index is 0.00000288. The van der Waals surface area contributed by atoms with E-state index in [9.17, 15) is 4.79 Å². The lowest BCUT2D eigenvalue weighted by Gasteiger charge is -2.12. The summed E-state index contributed by atoms with van der Waals surface area (Å²) in [6.45, 7) is 1.20. The Bertz CT molecular complexity index is 660. The number of nitrogens with zero attached hydrogens (tertiary/aromatic N) is 2. The molecule has 1 aromatic heterocycles. The summed E-state index contributed by atoms with van der Waals surface area (Å²) >= 11 is 0. The van der Waals surface area contributed by atoms with Crippen LogP contribution < -0.4 is 10.6 Å². The molecule has 0 atom stereocenters. The van der Waals surface area contributed by atoms with Gasteiger partial charge < -0.3 is 15.4 Å². The van der Waals surface area contributed by atoms with E-state index in [1.165, 1.54) is 7.11 Å². The predicted molar refractivity (Wildman–Crippen MR) is 104 cm³/mol. The monoisotopic (exact) mass is 440 g/mol. The zero-order chi connectivity index (χ0) is 16.5. The van der Waals surface area contributed by atoms with Crippen LogP contribution in [-0.2, 0) is 17.8 Å².